The van der Waals surface area contributed by atoms with E-state index in [2.05, 4.69) is 16.0 Å². The highest BCUT2D eigenvalue weighted by Gasteiger charge is 2.39. The zero-order valence-electron chi connectivity index (χ0n) is 15.3. The first-order valence-corrected chi connectivity index (χ1v) is 8.47. The van der Waals surface area contributed by atoms with Crippen LogP contribution in [0, 0.1) is 5.41 Å². The first-order chi connectivity index (χ1) is 12.1. The Hall–Kier alpha value is -1.83. The summed E-state index contributed by atoms with van der Waals surface area (Å²) in [5.74, 6) is 0.439. The molecule has 2 amide bonds. The fourth-order valence-electron chi connectivity index (χ4n) is 2.97. The SMILES string of the molecule is COCC1(C(=O)NCC(=O)NCc2ccc(OC)cc2)CCNCC1.Cl. The topological polar surface area (TPSA) is 88.7 Å². The van der Waals surface area contributed by atoms with Crippen LogP contribution in [0.15, 0.2) is 24.3 Å². The van der Waals surface area contributed by atoms with Crippen LogP contribution in [0.5, 0.6) is 5.75 Å². The van der Waals surface area contributed by atoms with Crippen LogP contribution in [-0.4, -0.2) is 52.3 Å². The molecule has 0 aliphatic carbocycles. The Labute approximate surface area is 160 Å². The molecule has 2 rings (SSSR count). The molecule has 1 aromatic rings. The molecule has 1 aliphatic heterocycles. The Balaban J connectivity index is 0.00000338. The largest absolute Gasteiger partial charge is 0.497 e. The van der Waals surface area contributed by atoms with Crippen LogP contribution in [0.1, 0.15) is 18.4 Å². The van der Waals surface area contributed by atoms with Crippen LogP contribution in [0.2, 0.25) is 0 Å². The van der Waals surface area contributed by atoms with Gasteiger partial charge in [-0.25, -0.2) is 0 Å². The van der Waals surface area contributed by atoms with Crippen molar-refractivity contribution in [2.45, 2.75) is 19.4 Å². The Morgan fingerprint density at radius 3 is 2.35 bits per heavy atom. The van der Waals surface area contributed by atoms with E-state index in [-0.39, 0.29) is 30.8 Å². The normalized spacial score (nSPS) is 15.5. The molecule has 0 unspecified atom stereocenters. The molecule has 0 spiro atoms. The maximum absolute atomic E-state index is 12.5. The zero-order chi connectivity index (χ0) is 18.1. The number of carbonyl (C=O) groups excluding carboxylic acids is 2. The molecule has 1 aliphatic rings. The predicted octanol–water partition coefficient (Wildman–Crippen LogP) is 0.866. The number of carbonyl (C=O) groups is 2. The summed E-state index contributed by atoms with van der Waals surface area (Å²) in [4.78, 5) is 24.5. The fraction of sp³-hybridized carbons (Fsp3) is 0.556. The number of rotatable bonds is 8. The number of halogens is 1. The van der Waals surface area contributed by atoms with Crippen LogP contribution in [0.4, 0.5) is 0 Å². The third-order valence-corrected chi connectivity index (χ3v) is 4.52. The highest BCUT2D eigenvalue weighted by molar-refractivity contribution is 5.88. The first-order valence-electron chi connectivity index (χ1n) is 8.47. The van der Waals surface area contributed by atoms with E-state index < -0.39 is 5.41 Å². The maximum atomic E-state index is 12.5. The third-order valence-electron chi connectivity index (χ3n) is 4.52. The Kier molecular flexibility index (Phi) is 9.40. The first kappa shape index (κ1) is 22.2. The van der Waals surface area contributed by atoms with Gasteiger partial charge in [-0.15, -0.1) is 12.4 Å². The van der Waals surface area contributed by atoms with Crippen molar-refractivity contribution >= 4 is 24.2 Å². The molecule has 1 fully saturated rings. The molecular formula is C18H28ClN3O4. The van der Waals surface area contributed by atoms with Gasteiger partial charge in [0, 0.05) is 13.7 Å². The van der Waals surface area contributed by atoms with E-state index in [4.69, 9.17) is 9.47 Å². The average molecular weight is 386 g/mol. The van der Waals surface area contributed by atoms with Crippen molar-refractivity contribution in [3.8, 4) is 5.75 Å². The maximum Gasteiger partial charge on any atom is 0.239 e. The lowest BCUT2D eigenvalue weighted by molar-refractivity contribution is -0.137. The lowest BCUT2D eigenvalue weighted by atomic mass is 9.78. The highest BCUT2D eigenvalue weighted by atomic mass is 35.5. The standard InChI is InChI=1S/C18H27N3O4.ClH/c1-24-13-18(7-9-19-10-8-18)17(23)21-12-16(22)20-11-14-3-5-15(25-2)6-4-14;/h3-6,19H,7-13H2,1-2H3,(H,20,22)(H,21,23);1H. The van der Waals surface area contributed by atoms with Crippen molar-refractivity contribution in [3.05, 3.63) is 29.8 Å². The van der Waals surface area contributed by atoms with E-state index in [1.807, 2.05) is 24.3 Å². The minimum Gasteiger partial charge on any atom is -0.497 e. The molecular weight excluding hydrogens is 358 g/mol. The van der Waals surface area contributed by atoms with Gasteiger partial charge in [-0.05, 0) is 43.6 Å². The van der Waals surface area contributed by atoms with E-state index in [0.717, 1.165) is 24.4 Å². The van der Waals surface area contributed by atoms with E-state index in [0.29, 0.717) is 26.0 Å². The number of hydrogen-bond acceptors (Lipinski definition) is 5. The Bertz CT molecular complexity index is 569. The predicted molar refractivity (Wildman–Crippen MR) is 102 cm³/mol. The molecule has 8 heteroatoms. The summed E-state index contributed by atoms with van der Waals surface area (Å²) in [7, 11) is 3.21. The summed E-state index contributed by atoms with van der Waals surface area (Å²) < 4.78 is 10.3. The van der Waals surface area contributed by atoms with Crippen LogP contribution < -0.4 is 20.7 Å². The number of amides is 2. The molecule has 0 aromatic heterocycles. The van der Waals surface area contributed by atoms with Gasteiger partial charge < -0.3 is 25.4 Å². The van der Waals surface area contributed by atoms with Crippen molar-refractivity contribution < 1.29 is 19.1 Å². The molecule has 0 bridgehead atoms. The van der Waals surface area contributed by atoms with Crippen molar-refractivity contribution in [2.24, 2.45) is 5.41 Å². The van der Waals surface area contributed by atoms with Crippen LogP contribution >= 0.6 is 12.4 Å². The summed E-state index contributed by atoms with van der Waals surface area (Å²) in [5.41, 5.74) is 0.422. The summed E-state index contributed by atoms with van der Waals surface area (Å²) in [6.45, 7) is 2.30. The number of ether oxygens (including phenoxy) is 2. The van der Waals surface area contributed by atoms with Crippen LogP contribution in [-0.2, 0) is 20.9 Å². The monoisotopic (exact) mass is 385 g/mol. The molecule has 1 heterocycles. The summed E-state index contributed by atoms with van der Waals surface area (Å²) in [6, 6.07) is 7.46. The quantitative estimate of drug-likeness (QED) is 0.618. The van der Waals surface area contributed by atoms with Gasteiger partial charge in [-0.3, -0.25) is 9.59 Å². The van der Waals surface area contributed by atoms with Crippen molar-refractivity contribution in [1.29, 1.82) is 0 Å². The second-order valence-electron chi connectivity index (χ2n) is 6.27. The third kappa shape index (κ3) is 6.16. The van der Waals surface area contributed by atoms with E-state index in [9.17, 15) is 9.59 Å². The summed E-state index contributed by atoms with van der Waals surface area (Å²) in [5, 5.41) is 8.80. The van der Waals surface area contributed by atoms with Gasteiger partial charge in [0.1, 0.15) is 5.75 Å². The van der Waals surface area contributed by atoms with Gasteiger partial charge in [0.2, 0.25) is 11.8 Å². The summed E-state index contributed by atoms with van der Waals surface area (Å²) in [6.07, 6.45) is 1.42. The van der Waals surface area contributed by atoms with Gasteiger partial charge in [0.05, 0.1) is 25.7 Å². The van der Waals surface area contributed by atoms with Crippen LogP contribution in [0.25, 0.3) is 0 Å². The van der Waals surface area contributed by atoms with E-state index >= 15 is 0 Å². The van der Waals surface area contributed by atoms with Gasteiger partial charge in [-0.1, -0.05) is 12.1 Å². The molecule has 1 saturated heterocycles. The minimum absolute atomic E-state index is 0. The smallest absolute Gasteiger partial charge is 0.239 e. The van der Waals surface area contributed by atoms with Gasteiger partial charge >= 0.3 is 0 Å². The van der Waals surface area contributed by atoms with E-state index in [1.165, 1.54) is 0 Å². The van der Waals surface area contributed by atoms with Crippen molar-refractivity contribution in [1.82, 2.24) is 16.0 Å². The number of hydrogen-bond donors (Lipinski definition) is 3. The number of piperidine rings is 1. The number of nitrogens with one attached hydrogen (secondary N) is 3. The van der Waals surface area contributed by atoms with Gasteiger partial charge in [0.15, 0.2) is 0 Å². The number of benzene rings is 1. The van der Waals surface area contributed by atoms with Gasteiger partial charge in [0.25, 0.3) is 0 Å². The van der Waals surface area contributed by atoms with Gasteiger partial charge in [-0.2, -0.15) is 0 Å². The Morgan fingerprint density at radius 1 is 1.12 bits per heavy atom. The summed E-state index contributed by atoms with van der Waals surface area (Å²) >= 11 is 0. The zero-order valence-corrected chi connectivity index (χ0v) is 16.1. The van der Waals surface area contributed by atoms with Crippen molar-refractivity contribution in [3.63, 3.8) is 0 Å². The molecule has 0 radical (unpaired) electrons. The molecule has 0 saturated carbocycles. The fourth-order valence-corrected chi connectivity index (χ4v) is 2.97. The molecule has 7 nitrogen and oxygen atoms in total. The molecule has 26 heavy (non-hydrogen) atoms. The van der Waals surface area contributed by atoms with Crippen LogP contribution in [0.3, 0.4) is 0 Å². The number of methoxy groups -OCH3 is 2. The lowest BCUT2D eigenvalue weighted by Gasteiger charge is -2.35. The minimum atomic E-state index is -0.545. The average Bonchev–Trinajstić information content (AvgIpc) is 2.65. The lowest BCUT2D eigenvalue weighted by Crippen LogP contribution is -2.51. The van der Waals surface area contributed by atoms with Crippen molar-refractivity contribution in [2.75, 3.05) is 40.5 Å². The molecule has 0 atom stereocenters. The van der Waals surface area contributed by atoms with E-state index in [1.54, 1.807) is 14.2 Å². The molecule has 1 aromatic carbocycles. The molecule has 146 valence electrons. The second kappa shape index (κ2) is 11.0. The molecule has 3 N–H and O–H groups in total. The second-order valence-corrected chi connectivity index (χ2v) is 6.27. The highest BCUT2D eigenvalue weighted by Crippen LogP contribution is 2.29. The Morgan fingerprint density at radius 2 is 1.77 bits per heavy atom.